The molecule has 4 heteroatoms. The number of aromatic hydroxyl groups is 1. The Morgan fingerprint density at radius 2 is 1.84 bits per heavy atom. The maximum Gasteiger partial charge on any atom is 0.115 e. The number of hydrogen-bond acceptors (Lipinski definition) is 3. The van der Waals surface area contributed by atoms with Gasteiger partial charge in [-0.1, -0.05) is 35.9 Å². The first-order valence-corrected chi connectivity index (χ1v) is 6.45. The minimum Gasteiger partial charge on any atom is -0.508 e. The normalized spacial score (nSPS) is 12.3. The van der Waals surface area contributed by atoms with Gasteiger partial charge in [0.2, 0.25) is 0 Å². The van der Waals surface area contributed by atoms with Crippen molar-refractivity contribution in [3.63, 3.8) is 0 Å². The van der Waals surface area contributed by atoms with Crippen LogP contribution in [-0.2, 0) is 6.54 Å². The molecular weight excluding hydrogens is 262 g/mol. The summed E-state index contributed by atoms with van der Waals surface area (Å²) in [6.07, 6.45) is -0.639. The van der Waals surface area contributed by atoms with Gasteiger partial charge in [-0.15, -0.1) is 0 Å². The third-order valence-electron chi connectivity index (χ3n) is 2.84. The summed E-state index contributed by atoms with van der Waals surface area (Å²) in [7, 11) is 0. The molecule has 3 N–H and O–H groups in total. The van der Waals surface area contributed by atoms with Gasteiger partial charge in [-0.3, -0.25) is 0 Å². The molecule has 0 fully saturated rings. The quantitative estimate of drug-likeness (QED) is 0.788. The van der Waals surface area contributed by atoms with Crippen molar-refractivity contribution in [3.05, 3.63) is 64.7 Å². The van der Waals surface area contributed by atoms with Crippen LogP contribution in [0, 0.1) is 0 Å². The van der Waals surface area contributed by atoms with Crippen LogP contribution < -0.4 is 5.32 Å². The number of benzene rings is 2. The zero-order valence-electron chi connectivity index (χ0n) is 10.4. The highest BCUT2D eigenvalue weighted by Gasteiger charge is 2.07. The Morgan fingerprint density at radius 1 is 1.11 bits per heavy atom. The van der Waals surface area contributed by atoms with Gasteiger partial charge in [-0.25, -0.2) is 0 Å². The van der Waals surface area contributed by atoms with E-state index in [9.17, 15) is 10.2 Å². The molecule has 0 heterocycles. The molecule has 3 nitrogen and oxygen atoms in total. The van der Waals surface area contributed by atoms with E-state index >= 15 is 0 Å². The van der Waals surface area contributed by atoms with Crippen LogP contribution in [0.5, 0.6) is 5.75 Å². The van der Waals surface area contributed by atoms with E-state index in [0.717, 1.165) is 5.56 Å². The molecular formula is C15H16ClNO2. The van der Waals surface area contributed by atoms with Crippen molar-refractivity contribution in [2.75, 3.05) is 6.54 Å². The highest BCUT2D eigenvalue weighted by atomic mass is 35.5. The molecule has 0 aliphatic carbocycles. The third-order valence-corrected chi connectivity index (χ3v) is 3.09. The number of phenolic OH excluding ortho intramolecular Hbond substituents is 1. The molecule has 0 bridgehead atoms. The van der Waals surface area contributed by atoms with Gasteiger partial charge in [0.05, 0.1) is 6.10 Å². The number of hydrogen-bond donors (Lipinski definition) is 3. The van der Waals surface area contributed by atoms with E-state index in [0.29, 0.717) is 23.7 Å². The Morgan fingerprint density at radius 3 is 2.53 bits per heavy atom. The van der Waals surface area contributed by atoms with Crippen molar-refractivity contribution in [1.82, 2.24) is 5.32 Å². The second kappa shape index (κ2) is 6.57. The van der Waals surface area contributed by atoms with Gasteiger partial charge in [0.25, 0.3) is 0 Å². The maximum atomic E-state index is 9.97. The second-order valence-electron chi connectivity index (χ2n) is 4.37. The summed E-state index contributed by atoms with van der Waals surface area (Å²) in [6.45, 7) is 1.08. The van der Waals surface area contributed by atoms with Crippen LogP contribution in [0.2, 0.25) is 5.02 Å². The first-order valence-electron chi connectivity index (χ1n) is 6.07. The van der Waals surface area contributed by atoms with Crippen LogP contribution in [0.25, 0.3) is 0 Å². The van der Waals surface area contributed by atoms with Crippen LogP contribution in [0.3, 0.4) is 0 Å². The highest BCUT2D eigenvalue weighted by molar-refractivity contribution is 6.30. The molecule has 0 amide bonds. The molecule has 0 spiro atoms. The van der Waals surface area contributed by atoms with Gasteiger partial charge in [-0.2, -0.15) is 0 Å². The van der Waals surface area contributed by atoms with Crippen LogP contribution in [0.1, 0.15) is 17.2 Å². The Kier molecular flexibility index (Phi) is 4.80. The van der Waals surface area contributed by atoms with Gasteiger partial charge >= 0.3 is 0 Å². The van der Waals surface area contributed by atoms with E-state index < -0.39 is 6.10 Å². The Hall–Kier alpha value is -1.55. The van der Waals surface area contributed by atoms with Crippen molar-refractivity contribution in [1.29, 1.82) is 0 Å². The topological polar surface area (TPSA) is 52.5 Å². The van der Waals surface area contributed by atoms with Gasteiger partial charge in [0, 0.05) is 18.1 Å². The number of aliphatic hydroxyl groups is 1. The molecule has 0 saturated carbocycles. The summed E-state index contributed by atoms with van der Waals surface area (Å²) in [4.78, 5) is 0. The largest absolute Gasteiger partial charge is 0.508 e. The van der Waals surface area contributed by atoms with Crippen LogP contribution in [-0.4, -0.2) is 16.8 Å². The lowest BCUT2D eigenvalue weighted by atomic mass is 10.1. The summed E-state index contributed by atoms with van der Waals surface area (Å²) in [5.41, 5.74) is 1.80. The maximum absolute atomic E-state index is 9.97. The van der Waals surface area contributed by atoms with Crippen molar-refractivity contribution >= 4 is 11.6 Å². The van der Waals surface area contributed by atoms with E-state index in [1.807, 2.05) is 24.3 Å². The van der Waals surface area contributed by atoms with Crippen LogP contribution in [0.4, 0.5) is 0 Å². The second-order valence-corrected chi connectivity index (χ2v) is 4.80. The molecule has 0 radical (unpaired) electrons. The first kappa shape index (κ1) is 13.9. The van der Waals surface area contributed by atoms with E-state index in [1.54, 1.807) is 24.3 Å². The minimum absolute atomic E-state index is 0.161. The molecule has 0 aliphatic rings. The third kappa shape index (κ3) is 4.24. The molecule has 2 aromatic rings. The van der Waals surface area contributed by atoms with Crippen LogP contribution in [0.15, 0.2) is 48.5 Å². The van der Waals surface area contributed by atoms with E-state index in [2.05, 4.69) is 5.32 Å². The van der Waals surface area contributed by atoms with Gasteiger partial charge in [-0.05, 0) is 35.4 Å². The van der Waals surface area contributed by atoms with Crippen LogP contribution >= 0.6 is 11.6 Å². The number of nitrogens with one attached hydrogen (secondary N) is 1. The smallest absolute Gasteiger partial charge is 0.115 e. The monoisotopic (exact) mass is 277 g/mol. The summed E-state index contributed by atoms with van der Waals surface area (Å²) >= 11 is 5.81. The molecule has 0 aliphatic heterocycles. The summed E-state index contributed by atoms with van der Waals surface area (Å²) in [5.74, 6) is 0.161. The van der Waals surface area contributed by atoms with E-state index in [1.165, 1.54) is 0 Å². The van der Waals surface area contributed by atoms with Crippen molar-refractivity contribution in [2.24, 2.45) is 0 Å². The molecule has 0 aromatic heterocycles. The molecule has 1 unspecified atom stereocenters. The zero-order chi connectivity index (χ0) is 13.7. The lowest BCUT2D eigenvalue weighted by Gasteiger charge is -2.12. The number of rotatable bonds is 5. The number of halogens is 1. The number of aliphatic hydroxyl groups excluding tert-OH is 1. The van der Waals surface area contributed by atoms with Crippen molar-refractivity contribution in [3.8, 4) is 5.75 Å². The molecule has 1 atom stereocenters. The average molecular weight is 278 g/mol. The Balaban J connectivity index is 1.84. The lowest BCUT2D eigenvalue weighted by molar-refractivity contribution is 0.174. The van der Waals surface area contributed by atoms with E-state index in [4.69, 9.17) is 11.6 Å². The molecule has 0 saturated heterocycles. The standard InChI is InChI=1S/C15H16ClNO2/c16-13-6-4-11(5-7-13)9-17-10-15(19)12-2-1-3-14(18)8-12/h1-8,15,17-19H,9-10H2. The summed E-state index contributed by atoms with van der Waals surface area (Å²) < 4.78 is 0. The summed E-state index contributed by atoms with van der Waals surface area (Å²) in [5, 5.41) is 23.2. The fraction of sp³-hybridized carbons (Fsp3) is 0.200. The van der Waals surface area contributed by atoms with E-state index in [-0.39, 0.29) is 5.75 Å². The van der Waals surface area contributed by atoms with Gasteiger partial charge in [0.15, 0.2) is 0 Å². The first-order chi connectivity index (χ1) is 9.15. The van der Waals surface area contributed by atoms with Crippen molar-refractivity contribution in [2.45, 2.75) is 12.6 Å². The molecule has 19 heavy (non-hydrogen) atoms. The van der Waals surface area contributed by atoms with Gasteiger partial charge < -0.3 is 15.5 Å². The number of phenols is 1. The fourth-order valence-corrected chi connectivity index (χ4v) is 1.93. The molecule has 2 rings (SSSR count). The Bertz CT molecular complexity index is 528. The van der Waals surface area contributed by atoms with Crippen molar-refractivity contribution < 1.29 is 10.2 Å². The Labute approximate surface area is 117 Å². The highest BCUT2D eigenvalue weighted by Crippen LogP contribution is 2.17. The fourth-order valence-electron chi connectivity index (χ4n) is 1.81. The SMILES string of the molecule is Oc1cccc(C(O)CNCc2ccc(Cl)cc2)c1. The minimum atomic E-state index is -0.639. The predicted molar refractivity (Wildman–Crippen MR) is 76.2 cm³/mol. The molecule has 2 aromatic carbocycles. The zero-order valence-corrected chi connectivity index (χ0v) is 11.1. The molecule has 100 valence electrons. The lowest BCUT2D eigenvalue weighted by Crippen LogP contribution is -2.20. The average Bonchev–Trinajstić information content (AvgIpc) is 2.41. The predicted octanol–water partition coefficient (Wildman–Crippen LogP) is 2.87. The summed E-state index contributed by atoms with van der Waals surface area (Å²) in [6, 6.07) is 14.2. The van der Waals surface area contributed by atoms with Gasteiger partial charge in [0.1, 0.15) is 5.75 Å².